The molecule has 2 aromatic heterocycles. The zero-order valence-electron chi connectivity index (χ0n) is 15.7. The summed E-state index contributed by atoms with van der Waals surface area (Å²) in [5, 5.41) is 12.6. The lowest BCUT2D eigenvalue weighted by Crippen LogP contribution is -2.04. The van der Waals surface area contributed by atoms with E-state index in [0.717, 1.165) is 44.3 Å². The molecule has 2 heterocycles. The molecule has 0 N–H and O–H groups in total. The van der Waals surface area contributed by atoms with Gasteiger partial charge < -0.3 is 9.30 Å². The normalized spacial score (nSPS) is 10.9. The van der Waals surface area contributed by atoms with Crippen LogP contribution in [0.2, 0.25) is 0 Å². The molecule has 7 heteroatoms. The number of aryl methyl sites for hydroxylation is 1. The van der Waals surface area contributed by atoms with Gasteiger partial charge in [-0.2, -0.15) is 0 Å². The first-order chi connectivity index (χ1) is 13.7. The number of thiazole rings is 1. The number of rotatable bonds is 7. The van der Waals surface area contributed by atoms with E-state index in [1.165, 1.54) is 0 Å². The maximum absolute atomic E-state index is 5.89. The van der Waals surface area contributed by atoms with Crippen molar-refractivity contribution in [2.45, 2.75) is 24.4 Å². The summed E-state index contributed by atoms with van der Waals surface area (Å²) in [4.78, 5) is 4.73. The molecule has 0 saturated carbocycles. The Hall–Kier alpha value is -2.64. The fourth-order valence-corrected chi connectivity index (χ4v) is 4.44. The molecular weight excluding hydrogens is 388 g/mol. The Balaban J connectivity index is 1.37. The van der Waals surface area contributed by atoms with Gasteiger partial charge in [0, 0.05) is 23.7 Å². The summed E-state index contributed by atoms with van der Waals surface area (Å²) in [6.07, 6.45) is 0. The minimum Gasteiger partial charge on any atom is -0.485 e. The lowest BCUT2D eigenvalue weighted by molar-refractivity contribution is 0.288. The quantitative estimate of drug-likeness (QED) is 0.397. The summed E-state index contributed by atoms with van der Waals surface area (Å²) in [5.41, 5.74) is 3.31. The van der Waals surface area contributed by atoms with Crippen molar-refractivity contribution in [2.24, 2.45) is 7.05 Å². The van der Waals surface area contributed by atoms with E-state index in [1.54, 1.807) is 23.1 Å². The van der Waals surface area contributed by atoms with E-state index in [2.05, 4.69) is 27.7 Å². The van der Waals surface area contributed by atoms with Crippen molar-refractivity contribution in [2.75, 3.05) is 0 Å². The van der Waals surface area contributed by atoms with E-state index < -0.39 is 0 Å². The maximum atomic E-state index is 5.89. The molecule has 0 saturated heterocycles. The number of hydrogen-bond acceptors (Lipinski definition) is 6. The van der Waals surface area contributed by atoms with Crippen LogP contribution in [0, 0.1) is 6.92 Å². The van der Waals surface area contributed by atoms with Crippen molar-refractivity contribution in [3.05, 3.63) is 77.1 Å². The third-order valence-electron chi connectivity index (χ3n) is 4.30. The molecule has 0 radical (unpaired) electrons. The Kier molecular flexibility index (Phi) is 5.73. The van der Waals surface area contributed by atoms with Crippen LogP contribution in [0.1, 0.15) is 17.1 Å². The molecule has 142 valence electrons. The van der Waals surface area contributed by atoms with Crippen LogP contribution in [0.25, 0.3) is 10.6 Å². The van der Waals surface area contributed by atoms with Crippen LogP contribution in [0.4, 0.5) is 0 Å². The van der Waals surface area contributed by atoms with Crippen LogP contribution in [0.15, 0.2) is 65.1 Å². The topological polar surface area (TPSA) is 52.8 Å². The van der Waals surface area contributed by atoms with Gasteiger partial charge in [-0.1, -0.05) is 60.3 Å². The molecule has 0 bridgehead atoms. The second-order valence-electron chi connectivity index (χ2n) is 6.31. The molecule has 4 aromatic rings. The number of aromatic nitrogens is 4. The fourth-order valence-electron chi connectivity index (χ4n) is 2.68. The lowest BCUT2D eigenvalue weighted by atomic mass is 10.2. The first kappa shape index (κ1) is 18.7. The van der Waals surface area contributed by atoms with Crippen molar-refractivity contribution >= 4 is 23.1 Å². The molecular formula is C21H20N4OS2. The van der Waals surface area contributed by atoms with Crippen molar-refractivity contribution in [1.29, 1.82) is 0 Å². The minimum absolute atomic E-state index is 0.393. The van der Waals surface area contributed by atoms with Crippen molar-refractivity contribution < 1.29 is 4.74 Å². The van der Waals surface area contributed by atoms with E-state index in [9.17, 15) is 0 Å². The molecule has 0 aliphatic heterocycles. The number of benzene rings is 2. The molecule has 0 aliphatic rings. The SMILES string of the molecule is Cc1ccccc1OCc1nnc(SCc2csc(-c3ccccc3)n2)n1C. The molecule has 0 spiro atoms. The van der Waals surface area contributed by atoms with Crippen molar-refractivity contribution in [3.8, 4) is 16.3 Å². The van der Waals surface area contributed by atoms with Gasteiger partial charge in [0.1, 0.15) is 17.4 Å². The third-order valence-corrected chi connectivity index (χ3v) is 6.29. The monoisotopic (exact) mass is 408 g/mol. The average molecular weight is 409 g/mol. The molecule has 0 aliphatic carbocycles. The highest BCUT2D eigenvalue weighted by molar-refractivity contribution is 7.98. The molecule has 0 fully saturated rings. The summed E-state index contributed by atoms with van der Waals surface area (Å²) in [6, 6.07) is 18.2. The van der Waals surface area contributed by atoms with Crippen molar-refractivity contribution in [1.82, 2.24) is 19.7 Å². The largest absolute Gasteiger partial charge is 0.485 e. The second kappa shape index (κ2) is 8.58. The van der Waals surface area contributed by atoms with Gasteiger partial charge in [-0.05, 0) is 18.6 Å². The Labute approximate surface area is 172 Å². The smallest absolute Gasteiger partial charge is 0.191 e. The highest BCUT2D eigenvalue weighted by atomic mass is 32.2. The highest BCUT2D eigenvalue weighted by Crippen LogP contribution is 2.27. The van der Waals surface area contributed by atoms with Gasteiger partial charge in [0.05, 0.1) is 5.69 Å². The average Bonchev–Trinajstić information content (AvgIpc) is 3.33. The second-order valence-corrected chi connectivity index (χ2v) is 8.11. The predicted octanol–water partition coefficient (Wildman–Crippen LogP) is 5.12. The minimum atomic E-state index is 0.393. The number of hydrogen-bond donors (Lipinski definition) is 0. The summed E-state index contributed by atoms with van der Waals surface area (Å²) in [6.45, 7) is 2.43. The summed E-state index contributed by atoms with van der Waals surface area (Å²) >= 11 is 3.30. The number of ether oxygens (including phenoxy) is 1. The van der Waals surface area contributed by atoms with Crippen LogP contribution in [-0.2, 0) is 19.4 Å². The molecule has 0 atom stereocenters. The first-order valence-corrected chi connectivity index (χ1v) is 10.8. The van der Waals surface area contributed by atoms with Crippen LogP contribution in [0.3, 0.4) is 0 Å². The summed E-state index contributed by atoms with van der Waals surface area (Å²) in [7, 11) is 1.97. The zero-order valence-corrected chi connectivity index (χ0v) is 17.3. The van der Waals surface area contributed by atoms with E-state index in [4.69, 9.17) is 9.72 Å². The molecule has 0 unspecified atom stereocenters. The Morgan fingerprint density at radius 3 is 2.64 bits per heavy atom. The number of para-hydroxylation sites is 1. The Morgan fingerprint density at radius 1 is 1.04 bits per heavy atom. The van der Waals surface area contributed by atoms with Gasteiger partial charge in [0.2, 0.25) is 0 Å². The van der Waals surface area contributed by atoms with Crippen molar-refractivity contribution in [3.63, 3.8) is 0 Å². The van der Waals surface area contributed by atoms with Crippen LogP contribution in [-0.4, -0.2) is 19.7 Å². The van der Waals surface area contributed by atoms with Gasteiger partial charge >= 0.3 is 0 Å². The molecule has 5 nitrogen and oxygen atoms in total. The highest BCUT2D eigenvalue weighted by Gasteiger charge is 2.12. The molecule has 28 heavy (non-hydrogen) atoms. The summed E-state index contributed by atoms with van der Waals surface area (Å²) < 4.78 is 7.87. The van der Waals surface area contributed by atoms with Gasteiger partial charge in [-0.3, -0.25) is 0 Å². The van der Waals surface area contributed by atoms with E-state index in [0.29, 0.717) is 6.61 Å². The summed E-state index contributed by atoms with van der Waals surface area (Å²) in [5.74, 6) is 2.43. The van der Waals surface area contributed by atoms with Crippen LogP contribution < -0.4 is 4.74 Å². The standard InChI is InChI=1S/C21H20N4OS2/c1-15-8-6-7-11-18(15)26-12-19-23-24-21(25(19)2)28-14-17-13-27-20(22-17)16-9-4-3-5-10-16/h3-11,13H,12,14H2,1-2H3. The third kappa shape index (κ3) is 4.26. The van der Waals surface area contributed by atoms with E-state index >= 15 is 0 Å². The van der Waals surface area contributed by atoms with Gasteiger partial charge in [0.25, 0.3) is 0 Å². The number of thioether (sulfide) groups is 1. The van der Waals surface area contributed by atoms with E-state index in [1.807, 2.05) is 61.0 Å². The van der Waals surface area contributed by atoms with Crippen LogP contribution in [0.5, 0.6) is 5.75 Å². The Morgan fingerprint density at radius 2 is 1.82 bits per heavy atom. The maximum Gasteiger partial charge on any atom is 0.191 e. The first-order valence-electron chi connectivity index (χ1n) is 8.90. The number of nitrogens with zero attached hydrogens (tertiary/aromatic N) is 4. The van der Waals surface area contributed by atoms with Gasteiger partial charge in [-0.15, -0.1) is 21.5 Å². The van der Waals surface area contributed by atoms with Gasteiger partial charge in [0.15, 0.2) is 11.0 Å². The zero-order chi connectivity index (χ0) is 19.3. The van der Waals surface area contributed by atoms with E-state index in [-0.39, 0.29) is 0 Å². The predicted molar refractivity (Wildman–Crippen MR) is 114 cm³/mol. The molecule has 4 rings (SSSR count). The lowest BCUT2D eigenvalue weighted by Gasteiger charge is -2.08. The Bertz CT molecular complexity index is 1060. The fraction of sp³-hybridized carbons (Fsp3) is 0.190. The van der Waals surface area contributed by atoms with Gasteiger partial charge in [-0.25, -0.2) is 4.98 Å². The van der Waals surface area contributed by atoms with Crippen LogP contribution >= 0.6 is 23.1 Å². The molecule has 2 aromatic carbocycles. The molecule has 0 amide bonds.